The molecule has 0 saturated heterocycles. The number of benzene rings is 2. The van der Waals surface area contributed by atoms with Gasteiger partial charge in [-0.3, -0.25) is 0 Å². The van der Waals surface area contributed by atoms with Crippen LogP contribution in [-0.2, 0) is 0 Å². The Kier molecular flexibility index (Phi) is 5.72. The fourth-order valence-electron chi connectivity index (χ4n) is 2.42. The van der Waals surface area contributed by atoms with Crippen LogP contribution in [0.15, 0.2) is 91.5 Å². The van der Waals surface area contributed by atoms with Crippen LogP contribution in [0.1, 0.15) is 0 Å². The van der Waals surface area contributed by atoms with E-state index < -0.39 is 0 Å². The fourth-order valence-corrected chi connectivity index (χ4v) is 2.42. The molecular formula is C21H21N3O2. The predicted molar refractivity (Wildman–Crippen MR) is 102 cm³/mol. The molecule has 2 aromatic carbocycles. The first-order valence-electron chi connectivity index (χ1n) is 8.21. The Balaban J connectivity index is 0.000000151. The van der Waals surface area contributed by atoms with Crippen LogP contribution in [0.5, 0.6) is 11.5 Å². The largest absolute Gasteiger partial charge is 0.497 e. The smallest absolute Gasteiger partial charge is 0.119 e. The van der Waals surface area contributed by atoms with E-state index in [-0.39, 0.29) is 0 Å². The van der Waals surface area contributed by atoms with E-state index in [0.717, 1.165) is 22.9 Å². The molecule has 0 spiro atoms. The van der Waals surface area contributed by atoms with E-state index in [1.165, 1.54) is 0 Å². The van der Waals surface area contributed by atoms with Crippen molar-refractivity contribution in [2.75, 3.05) is 14.2 Å². The van der Waals surface area contributed by atoms with Crippen LogP contribution in [0.4, 0.5) is 0 Å². The molecule has 26 heavy (non-hydrogen) atoms. The lowest BCUT2D eigenvalue weighted by atomic mass is 10.3. The zero-order valence-corrected chi connectivity index (χ0v) is 14.8. The Labute approximate surface area is 153 Å². The number of nitrogens with zero attached hydrogens (tertiary/aromatic N) is 3. The quantitative estimate of drug-likeness (QED) is 0.550. The maximum atomic E-state index is 5.08. The van der Waals surface area contributed by atoms with Gasteiger partial charge in [0.05, 0.1) is 19.9 Å². The van der Waals surface area contributed by atoms with Gasteiger partial charge in [-0.1, -0.05) is 0 Å². The van der Waals surface area contributed by atoms with Gasteiger partial charge in [0.15, 0.2) is 0 Å². The van der Waals surface area contributed by atoms with E-state index in [1.54, 1.807) is 25.1 Å². The van der Waals surface area contributed by atoms with Gasteiger partial charge in [-0.05, 0) is 66.7 Å². The van der Waals surface area contributed by atoms with Crippen molar-refractivity contribution in [1.82, 2.24) is 14.3 Å². The molecule has 0 unspecified atom stereocenters. The van der Waals surface area contributed by atoms with Gasteiger partial charge in [0.2, 0.25) is 0 Å². The second kappa shape index (κ2) is 8.58. The fraction of sp³-hybridized carbons (Fsp3) is 0.0952. The molecule has 0 saturated carbocycles. The Morgan fingerprint density at radius 3 is 1.65 bits per heavy atom. The van der Waals surface area contributed by atoms with Crippen LogP contribution in [-0.4, -0.2) is 28.6 Å². The lowest BCUT2D eigenvalue weighted by Crippen LogP contribution is -1.93. The third-order valence-corrected chi connectivity index (χ3v) is 3.82. The Morgan fingerprint density at radius 1 is 0.654 bits per heavy atom. The minimum absolute atomic E-state index is 0.857. The zero-order valence-electron chi connectivity index (χ0n) is 14.8. The SMILES string of the molecule is COc1ccc(-n2cccc2)cc1.COc1ccc(-n2cccn2)cc1. The van der Waals surface area contributed by atoms with Gasteiger partial charge >= 0.3 is 0 Å². The van der Waals surface area contributed by atoms with Gasteiger partial charge < -0.3 is 14.0 Å². The van der Waals surface area contributed by atoms with Crippen LogP contribution in [0.25, 0.3) is 11.4 Å². The van der Waals surface area contributed by atoms with Crippen molar-refractivity contribution in [3.8, 4) is 22.9 Å². The molecule has 5 heteroatoms. The third kappa shape index (κ3) is 4.33. The van der Waals surface area contributed by atoms with E-state index in [2.05, 4.69) is 9.67 Å². The van der Waals surface area contributed by atoms with Crippen LogP contribution < -0.4 is 9.47 Å². The molecule has 5 nitrogen and oxygen atoms in total. The molecule has 0 aliphatic carbocycles. The highest BCUT2D eigenvalue weighted by Gasteiger charge is 1.95. The lowest BCUT2D eigenvalue weighted by Gasteiger charge is -2.03. The standard InChI is InChI=1S/C11H11NO.C10H10N2O/c1-13-11-6-4-10(5-7-11)12-8-2-3-9-12;1-13-10-5-3-9(4-6-10)12-8-2-7-11-12/h2-9H,1H3;2-8H,1H3. The van der Waals surface area contributed by atoms with Crippen molar-refractivity contribution in [3.63, 3.8) is 0 Å². The number of ether oxygens (including phenoxy) is 2. The summed E-state index contributed by atoms with van der Waals surface area (Å²) in [7, 11) is 3.33. The summed E-state index contributed by atoms with van der Waals surface area (Å²) in [6.45, 7) is 0. The third-order valence-electron chi connectivity index (χ3n) is 3.82. The van der Waals surface area contributed by atoms with Gasteiger partial charge in [0, 0.05) is 30.5 Å². The van der Waals surface area contributed by atoms with Crippen molar-refractivity contribution in [1.29, 1.82) is 0 Å². The molecule has 0 N–H and O–H groups in total. The molecule has 2 aromatic heterocycles. The number of hydrogen-bond acceptors (Lipinski definition) is 3. The van der Waals surface area contributed by atoms with Crippen molar-refractivity contribution in [2.24, 2.45) is 0 Å². The zero-order chi connectivity index (χ0) is 18.2. The highest BCUT2D eigenvalue weighted by atomic mass is 16.5. The van der Waals surface area contributed by atoms with Crippen molar-refractivity contribution in [3.05, 3.63) is 91.5 Å². The molecule has 0 atom stereocenters. The molecule has 0 aliphatic rings. The van der Waals surface area contributed by atoms with Crippen LogP contribution in [0.2, 0.25) is 0 Å². The molecule has 132 valence electrons. The van der Waals surface area contributed by atoms with Gasteiger partial charge in [0.1, 0.15) is 11.5 Å². The first kappa shape index (κ1) is 17.4. The first-order valence-corrected chi connectivity index (χ1v) is 8.21. The second-order valence-electron chi connectivity index (χ2n) is 5.44. The molecule has 0 bridgehead atoms. The summed E-state index contributed by atoms with van der Waals surface area (Å²) in [6, 6.07) is 21.6. The Bertz CT molecular complexity index is 804. The molecular weight excluding hydrogens is 326 g/mol. The number of rotatable bonds is 4. The van der Waals surface area contributed by atoms with Crippen molar-refractivity contribution < 1.29 is 9.47 Å². The van der Waals surface area contributed by atoms with Gasteiger partial charge in [-0.15, -0.1) is 0 Å². The second-order valence-corrected chi connectivity index (χ2v) is 5.44. The maximum Gasteiger partial charge on any atom is 0.119 e. The number of hydrogen-bond donors (Lipinski definition) is 0. The first-order chi connectivity index (χ1) is 12.8. The monoisotopic (exact) mass is 347 g/mol. The maximum absolute atomic E-state index is 5.08. The summed E-state index contributed by atoms with van der Waals surface area (Å²) in [5, 5.41) is 4.12. The number of aromatic nitrogens is 3. The highest BCUT2D eigenvalue weighted by Crippen LogP contribution is 2.15. The minimum atomic E-state index is 0.857. The van der Waals surface area contributed by atoms with Crippen LogP contribution in [0.3, 0.4) is 0 Å². The van der Waals surface area contributed by atoms with E-state index in [9.17, 15) is 0 Å². The molecule has 2 heterocycles. The molecule has 0 amide bonds. The number of methoxy groups -OCH3 is 2. The van der Waals surface area contributed by atoms with Crippen molar-refractivity contribution >= 4 is 0 Å². The molecule has 4 aromatic rings. The van der Waals surface area contributed by atoms with E-state index in [0.29, 0.717) is 0 Å². The molecule has 0 radical (unpaired) electrons. The van der Waals surface area contributed by atoms with E-state index >= 15 is 0 Å². The van der Waals surface area contributed by atoms with Gasteiger partial charge in [-0.2, -0.15) is 5.10 Å². The summed E-state index contributed by atoms with van der Waals surface area (Å²) in [5.41, 5.74) is 2.18. The summed E-state index contributed by atoms with van der Waals surface area (Å²) < 4.78 is 14.0. The summed E-state index contributed by atoms with van der Waals surface area (Å²) in [6.07, 6.45) is 7.69. The molecule has 4 rings (SSSR count). The van der Waals surface area contributed by atoms with Gasteiger partial charge in [-0.25, -0.2) is 4.68 Å². The van der Waals surface area contributed by atoms with Gasteiger partial charge in [0.25, 0.3) is 0 Å². The normalized spacial score (nSPS) is 9.92. The predicted octanol–water partition coefficient (Wildman–Crippen LogP) is 4.37. The molecule has 0 fully saturated rings. The Morgan fingerprint density at radius 2 is 1.19 bits per heavy atom. The lowest BCUT2D eigenvalue weighted by molar-refractivity contribution is 0.414. The van der Waals surface area contributed by atoms with E-state index in [4.69, 9.17) is 9.47 Å². The summed E-state index contributed by atoms with van der Waals surface area (Å²) in [4.78, 5) is 0. The highest BCUT2D eigenvalue weighted by molar-refractivity contribution is 5.38. The Hall–Kier alpha value is -3.47. The minimum Gasteiger partial charge on any atom is -0.497 e. The van der Waals surface area contributed by atoms with E-state index in [1.807, 2.05) is 85.3 Å². The summed E-state index contributed by atoms with van der Waals surface area (Å²) >= 11 is 0. The van der Waals surface area contributed by atoms with Crippen LogP contribution >= 0.6 is 0 Å². The molecule has 0 aliphatic heterocycles. The average Bonchev–Trinajstić information content (AvgIpc) is 3.43. The average molecular weight is 347 g/mol. The van der Waals surface area contributed by atoms with Crippen LogP contribution in [0, 0.1) is 0 Å². The van der Waals surface area contributed by atoms with Crippen molar-refractivity contribution in [2.45, 2.75) is 0 Å². The summed E-state index contributed by atoms with van der Waals surface area (Å²) in [5.74, 6) is 1.74. The topological polar surface area (TPSA) is 41.2 Å².